The van der Waals surface area contributed by atoms with E-state index in [0.29, 0.717) is 6.61 Å². The molecule has 4 aromatic rings. The molecule has 59 heavy (non-hydrogen) atoms. The van der Waals surface area contributed by atoms with Gasteiger partial charge in [-0.1, -0.05) is 142 Å². The summed E-state index contributed by atoms with van der Waals surface area (Å²) in [6.07, 6.45) is -10.2. The Morgan fingerprint density at radius 3 is 1.44 bits per heavy atom. The van der Waals surface area contributed by atoms with Gasteiger partial charge in [-0.05, 0) is 40.4 Å². The van der Waals surface area contributed by atoms with E-state index in [1.54, 1.807) is 0 Å². The number of methoxy groups -OCH3 is 1. The van der Waals surface area contributed by atoms with E-state index in [2.05, 4.69) is 33.9 Å². The summed E-state index contributed by atoms with van der Waals surface area (Å²) < 4.78 is 58.6. The van der Waals surface area contributed by atoms with Crippen LogP contribution in [0.1, 0.15) is 43.0 Å². The lowest BCUT2D eigenvalue weighted by Gasteiger charge is -2.49. The molecule has 12 heteroatoms. The molecule has 2 N–H and O–H groups in total. The molecule has 0 aromatic heterocycles. The first kappa shape index (κ1) is 45.2. The van der Waals surface area contributed by atoms with Crippen molar-refractivity contribution in [3.63, 3.8) is 0 Å². The van der Waals surface area contributed by atoms with Crippen molar-refractivity contribution in [2.24, 2.45) is 0 Å². The summed E-state index contributed by atoms with van der Waals surface area (Å²) in [6.45, 7) is 12.0. The molecule has 320 valence electrons. The Labute approximate surface area is 350 Å². The van der Waals surface area contributed by atoms with E-state index in [0.717, 1.165) is 22.3 Å². The molecule has 0 aliphatic carbocycles. The first-order valence-corrected chi connectivity index (χ1v) is 23.4. The average Bonchev–Trinajstić information content (AvgIpc) is 3.24. The molecule has 2 heterocycles. The topological polar surface area (TPSA) is 124 Å². The number of rotatable bonds is 19. The van der Waals surface area contributed by atoms with Gasteiger partial charge in [0.05, 0.1) is 39.6 Å². The highest BCUT2D eigenvalue weighted by molar-refractivity contribution is 6.74. The van der Waals surface area contributed by atoms with Crippen LogP contribution in [0, 0.1) is 0 Å². The van der Waals surface area contributed by atoms with Crippen molar-refractivity contribution < 1.29 is 52.5 Å². The van der Waals surface area contributed by atoms with Crippen molar-refractivity contribution in [2.75, 3.05) is 20.3 Å². The van der Waals surface area contributed by atoms with Crippen molar-refractivity contribution in [3.8, 4) is 0 Å². The molecule has 0 bridgehead atoms. The fourth-order valence-corrected chi connectivity index (χ4v) is 7.93. The van der Waals surface area contributed by atoms with Gasteiger partial charge >= 0.3 is 0 Å². The molecule has 4 aromatic carbocycles. The Balaban J connectivity index is 1.34. The van der Waals surface area contributed by atoms with Crippen LogP contribution in [0.15, 0.2) is 121 Å². The van der Waals surface area contributed by atoms with E-state index in [9.17, 15) is 10.2 Å². The van der Waals surface area contributed by atoms with E-state index in [-0.39, 0.29) is 38.1 Å². The van der Waals surface area contributed by atoms with Gasteiger partial charge < -0.3 is 52.5 Å². The van der Waals surface area contributed by atoms with Crippen LogP contribution in [0.5, 0.6) is 0 Å². The van der Waals surface area contributed by atoms with Gasteiger partial charge in [0.1, 0.15) is 48.8 Å². The van der Waals surface area contributed by atoms with E-state index < -0.39 is 69.7 Å². The lowest BCUT2D eigenvalue weighted by molar-refractivity contribution is -0.369. The zero-order valence-corrected chi connectivity index (χ0v) is 36.1. The minimum Gasteiger partial charge on any atom is -0.414 e. The summed E-state index contributed by atoms with van der Waals surface area (Å²) in [6, 6.07) is 39.5. The molecule has 10 atom stereocenters. The molecule has 0 unspecified atom stereocenters. The lowest BCUT2D eigenvalue weighted by Crippen LogP contribution is -2.66. The number of hydrogen-bond acceptors (Lipinski definition) is 11. The second-order valence-corrected chi connectivity index (χ2v) is 21.6. The second-order valence-electron chi connectivity index (χ2n) is 16.8. The number of aliphatic hydroxyl groups is 2. The Hall–Kier alpha value is -3.34. The van der Waals surface area contributed by atoms with Gasteiger partial charge in [0.15, 0.2) is 20.9 Å². The number of aliphatic hydroxyl groups excluding tert-OH is 2. The average molecular weight is 831 g/mol. The first-order valence-electron chi connectivity index (χ1n) is 20.5. The zero-order valence-electron chi connectivity index (χ0n) is 35.1. The molecule has 2 saturated heterocycles. The first-order chi connectivity index (χ1) is 28.4. The predicted molar refractivity (Wildman–Crippen MR) is 226 cm³/mol. The van der Waals surface area contributed by atoms with Gasteiger partial charge in [-0.15, -0.1) is 0 Å². The Morgan fingerprint density at radius 2 is 0.966 bits per heavy atom. The molecule has 0 amide bonds. The van der Waals surface area contributed by atoms with Crippen molar-refractivity contribution in [2.45, 2.75) is 127 Å². The SMILES string of the molecule is CO[C@H]1O[C@H](CO[Si](C)(C)C(C)(C)C)[C@@H](O)[C@H](O[C@@H]2O[C@H](COCc3ccccc3)[C@@H](OCc3ccccc3)[C@H](OCc3ccccc3)[C@H]2OCc2ccccc2)[C@@H]1O. The van der Waals surface area contributed by atoms with Crippen LogP contribution in [0.3, 0.4) is 0 Å². The van der Waals surface area contributed by atoms with Crippen LogP contribution >= 0.6 is 0 Å². The largest absolute Gasteiger partial charge is 0.414 e. The fourth-order valence-electron chi connectivity index (χ4n) is 6.91. The maximum Gasteiger partial charge on any atom is 0.192 e. The standard InChI is InChI=1S/C47H62O11Si/c1-47(2,3)59(5,6)55-32-37-39(48)42(40(49)45(50-4)56-37)58-46-44(54-30-36-25-17-10-18-26-36)43(53-29-35-23-15-9-16-24-35)41(52-28-34-21-13-8-14-22-34)38(57-46)31-51-27-33-19-11-7-12-20-33/h7-26,37-46,48-49H,27-32H2,1-6H3/t37-,38-,39-,40+,41-,42+,43+,44-,45+,46+/m1/s1. The smallest absolute Gasteiger partial charge is 0.192 e. The third-order valence-corrected chi connectivity index (χ3v) is 15.9. The van der Waals surface area contributed by atoms with Crippen molar-refractivity contribution in [1.29, 1.82) is 0 Å². The molecule has 0 radical (unpaired) electrons. The van der Waals surface area contributed by atoms with Crippen LogP contribution in [0.25, 0.3) is 0 Å². The molecule has 2 aliphatic heterocycles. The Kier molecular flexibility index (Phi) is 16.4. The van der Waals surface area contributed by atoms with E-state index >= 15 is 0 Å². The Bertz CT molecular complexity index is 1780. The minimum atomic E-state index is -2.24. The van der Waals surface area contributed by atoms with E-state index in [1.165, 1.54) is 7.11 Å². The highest BCUT2D eigenvalue weighted by Gasteiger charge is 2.53. The van der Waals surface area contributed by atoms with Crippen molar-refractivity contribution >= 4 is 8.32 Å². The Morgan fingerprint density at radius 1 is 0.525 bits per heavy atom. The van der Waals surface area contributed by atoms with Gasteiger partial charge in [-0.25, -0.2) is 0 Å². The summed E-state index contributed by atoms with van der Waals surface area (Å²) >= 11 is 0. The molecule has 0 saturated carbocycles. The van der Waals surface area contributed by atoms with Gasteiger partial charge in [-0.2, -0.15) is 0 Å². The van der Waals surface area contributed by atoms with Crippen LogP contribution in [0.4, 0.5) is 0 Å². The molecule has 11 nitrogen and oxygen atoms in total. The van der Waals surface area contributed by atoms with Crippen LogP contribution < -0.4 is 0 Å². The van der Waals surface area contributed by atoms with Gasteiger partial charge in [-0.3, -0.25) is 0 Å². The molecule has 2 fully saturated rings. The number of hydrogen-bond donors (Lipinski definition) is 2. The third kappa shape index (κ3) is 12.4. The van der Waals surface area contributed by atoms with Crippen LogP contribution in [-0.4, -0.2) is 100 Å². The third-order valence-electron chi connectivity index (χ3n) is 11.4. The van der Waals surface area contributed by atoms with Gasteiger partial charge in [0.2, 0.25) is 0 Å². The minimum absolute atomic E-state index is 0.0760. The maximum atomic E-state index is 11.9. The van der Waals surface area contributed by atoms with Gasteiger partial charge in [0, 0.05) is 7.11 Å². The zero-order chi connectivity index (χ0) is 41.8. The summed E-state index contributed by atoms with van der Waals surface area (Å²) in [5.41, 5.74) is 3.86. The monoisotopic (exact) mass is 830 g/mol. The van der Waals surface area contributed by atoms with Crippen molar-refractivity contribution in [3.05, 3.63) is 144 Å². The van der Waals surface area contributed by atoms with E-state index in [1.807, 2.05) is 121 Å². The summed E-state index contributed by atoms with van der Waals surface area (Å²) in [5, 5.41) is 23.5. The molecule has 0 spiro atoms. The van der Waals surface area contributed by atoms with E-state index in [4.69, 9.17) is 42.3 Å². The quantitative estimate of drug-likeness (QED) is 0.0935. The predicted octanol–water partition coefficient (Wildman–Crippen LogP) is 7.18. The van der Waals surface area contributed by atoms with Gasteiger partial charge in [0.25, 0.3) is 0 Å². The number of benzene rings is 4. The number of ether oxygens (including phenoxy) is 8. The molecule has 2 aliphatic rings. The summed E-state index contributed by atoms with van der Waals surface area (Å²) in [4.78, 5) is 0. The fraction of sp³-hybridized carbons (Fsp3) is 0.489. The van der Waals surface area contributed by atoms with Crippen LogP contribution in [-0.2, 0) is 68.7 Å². The lowest BCUT2D eigenvalue weighted by atomic mass is 9.96. The molecular formula is C47H62O11Si. The van der Waals surface area contributed by atoms with Crippen LogP contribution in [0.2, 0.25) is 18.1 Å². The summed E-state index contributed by atoms with van der Waals surface area (Å²) in [5.74, 6) is 0. The summed E-state index contributed by atoms with van der Waals surface area (Å²) in [7, 11) is -0.800. The second kappa shape index (κ2) is 21.4. The van der Waals surface area contributed by atoms with Crippen molar-refractivity contribution in [1.82, 2.24) is 0 Å². The molecule has 6 rings (SSSR count). The maximum absolute atomic E-state index is 11.9. The highest BCUT2D eigenvalue weighted by Crippen LogP contribution is 2.38. The molecular weight excluding hydrogens is 769 g/mol. The normalized spacial score (nSPS) is 27.7. The highest BCUT2D eigenvalue weighted by atomic mass is 28.4.